The number of halogens is 1. The fourth-order valence-electron chi connectivity index (χ4n) is 1.16. The number of nitrogens with two attached hydrogens (primary N) is 1. The number of amides is 2. The first-order chi connectivity index (χ1) is 7.47. The minimum Gasteiger partial charge on any atom is -0.497 e. The quantitative estimate of drug-likeness (QED) is 0.780. The van der Waals surface area contributed by atoms with Gasteiger partial charge in [0.15, 0.2) is 0 Å². The van der Waals surface area contributed by atoms with Gasteiger partial charge in [0.25, 0.3) is 0 Å². The minimum atomic E-state index is -1.03. The summed E-state index contributed by atoms with van der Waals surface area (Å²) in [6.07, 6.45) is 0. The average molecular weight is 243 g/mol. The molecule has 6 heteroatoms. The van der Waals surface area contributed by atoms with E-state index >= 15 is 0 Å². The van der Waals surface area contributed by atoms with Gasteiger partial charge >= 0.3 is 11.8 Å². The maximum Gasteiger partial charge on any atom is 0.315 e. The van der Waals surface area contributed by atoms with Crippen LogP contribution in [0, 0.1) is 0 Å². The molecule has 1 rings (SSSR count). The first kappa shape index (κ1) is 12.3. The van der Waals surface area contributed by atoms with Crippen molar-refractivity contribution in [2.75, 3.05) is 19.1 Å². The van der Waals surface area contributed by atoms with Crippen LogP contribution in [-0.4, -0.2) is 26.0 Å². The first-order valence-corrected chi connectivity index (χ1v) is 4.76. The minimum absolute atomic E-state index is 0.302. The van der Waals surface area contributed by atoms with E-state index in [2.05, 4.69) is 0 Å². The zero-order valence-electron chi connectivity index (χ0n) is 8.86. The molecule has 16 heavy (non-hydrogen) atoms. The Morgan fingerprint density at radius 3 is 2.50 bits per heavy atom. The predicted octanol–water partition coefficient (Wildman–Crippen LogP) is 0.797. The van der Waals surface area contributed by atoms with Crippen molar-refractivity contribution >= 4 is 29.1 Å². The summed E-state index contributed by atoms with van der Waals surface area (Å²) in [6, 6.07) is 4.75. The van der Waals surface area contributed by atoms with Gasteiger partial charge in [-0.05, 0) is 12.1 Å². The molecule has 0 bridgehead atoms. The zero-order valence-corrected chi connectivity index (χ0v) is 9.62. The lowest BCUT2D eigenvalue weighted by Gasteiger charge is -2.17. The first-order valence-electron chi connectivity index (χ1n) is 4.38. The number of anilines is 1. The Bertz CT molecular complexity index is 434. The van der Waals surface area contributed by atoms with Crippen LogP contribution in [0.25, 0.3) is 0 Å². The van der Waals surface area contributed by atoms with Gasteiger partial charge in [-0.2, -0.15) is 0 Å². The molecule has 5 nitrogen and oxygen atoms in total. The van der Waals surface area contributed by atoms with Crippen molar-refractivity contribution in [1.82, 2.24) is 0 Å². The molecule has 2 N–H and O–H groups in total. The summed E-state index contributed by atoms with van der Waals surface area (Å²) in [7, 11) is 2.92. The fourth-order valence-corrected chi connectivity index (χ4v) is 1.46. The van der Waals surface area contributed by atoms with Crippen molar-refractivity contribution in [1.29, 1.82) is 0 Å². The van der Waals surface area contributed by atoms with Crippen molar-refractivity contribution < 1.29 is 14.3 Å². The molecule has 0 saturated heterocycles. The third-order valence-corrected chi connectivity index (χ3v) is 2.33. The molecule has 0 heterocycles. The van der Waals surface area contributed by atoms with Crippen molar-refractivity contribution in [2.24, 2.45) is 5.73 Å². The van der Waals surface area contributed by atoms with E-state index in [4.69, 9.17) is 22.1 Å². The van der Waals surface area contributed by atoms with Gasteiger partial charge in [0.05, 0.1) is 17.8 Å². The molecule has 0 saturated carbocycles. The molecule has 1 aromatic carbocycles. The second-order valence-corrected chi connectivity index (χ2v) is 3.45. The van der Waals surface area contributed by atoms with E-state index in [0.717, 1.165) is 4.90 Å². The Hall–Kier alpha value is -1.75. The number of carbonyl (C=O) groups is 2. The fraction of sp³-hybridized carbons (Fsp3) is 0.200. The molecule has 0 aliphatic carbocycles. The average Bonchev–Trinajstić information content (AvgIpc) is 2.26. The third-order valence-electron chi connectivity index (χ3n) is 2.03. The van der Waals surface area contributed by atoms with Gasteiger partial charge in [0.2, 0.25) is 0 Å². The number of primary amides is 1. The summed E-state index contributed by atoms with van der Waals surface area (Å²) in [4.78, 5) is 23.1. The lowest BCUT2D eigenvalue weighted by Crippen LogP contribution is -2.37. The molecular formula is C10H11ClN2O3. The van der Waals surface area contributed by atoms with Crippen LogP contribution in [0.3, 0.4) is 0 Å². The summed E-state index contributed by atoms with van der Waals surface area (Å²) in [5.74, 6) is -1.30. The van der Waals surface area contributed by atoms with E-state index in [1.807, 2.05) is 0 Å². The summed E-state index contributed by atoms with van der Waals surface area (Å²) >= 11 is 5.93. The maximum atomic E-state index is 11.3. The van der Waals surface area contributed by atoms with Crippen molar-refractivity contribution in [3.05, 3.63) is 23.2 Å². The van der Waals surface area contributed by atoms with Crippen LogP contribution < -0.4 is 15.4 Å². The number of methoxy groups -OCH3 is 1. The molecule has 0 radical (unpaired) electrons. The van der Waals surface area contributed by atoms with E-state index in [0.29, 0.717) is 16.5 Å². The smallest absolute Gasteiger partial charge is 0.315 e. The number of hydrogen-bond acceptors (Lipinski definition) is 3. The SMILES string of the molecule is COc1ccc(N(C)C(=O)C(N)=O)c(Cl)c1. The highest BCUT2D eigenvalue weighted by Gasteiger charge is 2.18. The number of hydrogen-bond donors (Lipinski definition) is 1. The highest BCUT2D eigenvalue weighted by Crippen LogP contribution is 2.29. The summed E-state index contributed by atoms with van der Waals surface area (Å²) in [6.45, 7) is 0. The van der Waals surface area contributed by atoms with Gasteiger partial charge in [-0.25, -0.2) is 0 Å². The van der Waals surface area contributed by atoms with Gasteiger partial charge in [-0.1, -0.05) is 11.6 Å². The van der Waals surface area contributed by atoms with Gasteiger partial charge in [-0.15, -0.1) is 0 Å². The Labute approximate surface area is 97.7 Å². The topological polar surface area (TPSA) is 72.6 Å². The Morgan fingerprint density at radius 2 is 2.06 bits per heavy atom. The van der Waals surface area contributed by atoms with Gasteiger partial charge < -0.3 is 15.4 Å². The molecule has 0 aliphatic heterocycles. The molecule has 86 valence electrons. The maximum absolute atomic E-state index is 11.3. The van der Waals surface area contributed by atoms with E-state index in [9.17, 15) is 9.59 Å². The molecule has 0 spiro atoms. The molecule has 0 fully saturated rings. The van der Waals surface area contributed by atoms with E-state index in [1.165, 1.54) is 14.2 Å². The van der Waals surface area contributed by atoms with Crippen molar-refractivity contribution in [2.45, 2.75) is 0 Å². The standard InChI is InChI=1S/C10H11ClN2O3/c1-13(10(15)9(12)14)8-4-3-6(16-2)5-7(8)11/h3-5H,1-2H3,(H2,12,14). The van der Waals surface area contributed by atoms with Gasteiger partial charge in [0.1, 0.15) is 5.75 Å². The molecule has 0 atom stereocenters. The molecule has 0 aromatic heterocycles. The molecule has 1 aromatic rings. The van der Waals surface area contributed by atoms with Crippen LogP contribution in [0.4, 0.5) is 5.69 Å². The van der Waals surface area contributed by atoms with Gasteiger partial charge in [0, 0.05) is 13.1 Å². The van der Waals surface area contributed by atoms with Crippen molar-refractivity contribution in [3.63, 3.8) is 0 Å². The zero-order chi connectivity index (χ0) is 12.3. The van der Waals surface area contributed by atoms with Crippen LogP contribution in [-0.2, 0) is 9.59 Å². The molecule has 0 unspecified atom stereocenters. The Morgan fingerprint density at radius 1 is 1.44 bits per heavy atom. The summed E-state index contributed by atoms with van der Waals surface area (Å²) < 4.78 is 4.96. The second kappa shape index (κ2) is 4.85. The van der Waals surface area contributed by atoms with Crippen LogP contribution in [0.5, 0.6) is 5.75 Å². The highest BCUT2D eigenvalue weighted by molar-refractivity contribution is 6.41. The lowest BCUT2D eigenvalue weighted by atomic mass is 10.2. The highest BCUT2D eigenvalue weighted by atomic mass is 35.5. The number of ether oxygens (including phenoxy) is 1. The number of rotatable bonds is 2. The van der Waals surface area contributed by atoms with E-state index < -0.39 is 11.8 Å². The predicted molar refractivity (Wildman–Crippen MR) is 60.6 cm³/mol. The molecule has 0 aliphatic rings. The number of likely N-dealkylation sites (N-methyl/N-ethyl adjacent to an activating group) is 1. The van der Waals surface area contributed by atoms with Crippen molar-refractivity contribution in [3.8, 4) is 5.75 Å². The second-order valence-electron chi connectivity index (χ2n) is 3.05. The third kappa shape index (κ3) is 2.43. The van der Waals surface area contributed by atoms with Crippen LogP contribution in [0.2, 0.25) is 5.02 Å². The monoisotopic (exact) mass is 242 g/mol. The van der Waals surface area contributed by atoms with Crippen LogP contribution >= 0.6 is 11.6 Å². The Balaban J connectivity index is 3.05. The largest absolute Gasteiger partial charge is 0.497 e. The van der Waals surface area contributed by atoms with Crippen LogP contribution in [0.1, 0.15) is 0 Å². The number of nitrogens with zero attached hydrogens (tertiary/aromatic N) is 1. The van der Waals surface area contributed by atoms with E-state index in [1.54, 1.807) is 18.2 Å². The van der Waals surface area contributed by atoms with E-state index in [-0.39, 0.29) is 0 Å². The lowest BCUT2D eigenvalue weighted by molar-refractivity contribution is -0.135. The molecular weight excluding hydrogens is 232 g/mol. The summed E-state index contributed by atoms with van der Waals surface area (Å²) in [5.41, 5.74) is 5.28. The summed E-state index contributed by atoms with van der Waals surface area (Å²) in [5, 5.41) is 0.302. The molecule has 2 amide bonds. The number of benzene rings is 1. The Kier molecular flexibility index (Phi) is 3.73. The van der Waals surface area contributed by atoms with Gasteiger partial charge in [-0.3, -0.25) is 9.59 Å². The van der Waals surface area contributed by atoms with Crippen LogP contribution in [0.15, 0.2) is 18.2 Å². The normalized spacial score (nSPS) is 9.69. The number of carbonyl (C=O) groups excluding carboxylic acids is 2.